The fourth-order valence-corrected chi connectivity index (χ4v) is 3.46. The maximum Gasteiger partial charge on any atom is 0.327 e. The van der Waals surface area contributed by atoms with Crippen molar-refractivity contribution in [3.63, 3.8) is 0 Å². The third kappa shape index (κ3) is 1.56. The molecule has 2 fully saturated rings. The molecule has 0 aromatic rings. The number of likely N-dealkylation sites (N-methyl/N-ethyl adjacent to an activating group) is 1. The minimum atomic E-state index is -0.801. The van der Waals surface area contributed by atoms with E-state index < -0.39 is 11.5 Å². The highest BCUT2D eigenvalue weighted by Crippen LogP contribution is 2.47. The normalized spacial score (nSPS) is 36.6. The van der Waals surface area contributed by atoms with Gasteiger partial charge in [0, 0.05) is 6.04 Å². The number of piperidine rings is 1. The van der Waals surface area contributed by atoms with E-state index in [0.29, 0.717) is 18.9 Å². The standard InChI is InChI=1S/C12H19NO4/c1-13-8-4-5-9(10(14)16-2)12(13,7-6-8)11(15)17-3/h8-9H,4-7H2,1-3H3/t8-,9?,12-/m1/s1. The van der Waals surface area contributed by atoms with Gasteiger partial charge in [-0.2, -0.15) is 0 Å². The summed E-state index contributed by atoms with van der Waals surface area (Å²) in [5, 5.41) is 0. The number of carbonyl (C=O) groups is 2. The minimum absolute atomic E-state index is 0.303. The van der Waals surface area contributed by atoms with E-state index in [1.807, 2.05) is 11.9 Å². The van der Waals surface area contributed by atoms with Gasteiger partial charge in [0.2, 0.25) is 0 Å². The van der Waals surface area contributed by atoms with Gasteiger partial charge in [0.15, 0.2) is 0 Å². The highest BCUT2D eigenvalue weighted by molar-refractivity contribution is 5.89. The molecule has 1 unspecified atom stereocenters. The fraction of sp³-hybridized carbons (Fsp3) is 0.833. The molecule has 0 aliphatic carbocycles. The summed E-state index contributed by atoms with van der Waals surface area (Å²) in [6, 6.07) is 0.384. The second-order valence-electron chi connectivity index (χ2n) is 4.87. The van der Waals surface area contributed by atoms with Gasteiger partial charge in [0.1, 0.15) is 5.54 Å². The van der Waals surface area contributed by atoms with Crippen molar-refractivity contribution in [3.8, 4) is 0 Å². The van der Waals surface area contributed by atoms with Crippen LogP contribution in [-0.2, 0) is 19.1 Å². The van der Waals surface area contributed by atoms with Crippen molar-refractivity contribution in [2.75, 3.05) is 21.3 Å². The first kappa shape index (κ1) is 12.4. The lowest BCUT2D eigenvalue weighted by Gasteiger charge is -2.44. The molecule has 0 saturated carbocycles. The number of hydrogen-bond acceptors (Lipinski definition) is 5. The summed E-state index contributed by atoms with van der Waals surface area (Å²) < 4.78 is 9.75. The van der Waals surface area contributed by atoms with E-state index in [-0.39, 0.29) is 11.9 Å². The Hall–Kier alpha value is -1.10. The molecular formula is C12H19NO4. The Kier molecular flexibility index (Phi) is 3.12. The predicted octanol–water partition coefficient (Wildman–Crippen LogP) is 0.575. The van der Waals surface area contributed by atoms with Gasteiger partial charge >= 0.3 is 11.9 Å². The molecule has 0 N–H and O–H groups in total. The van der Waals surface area contributed by atoms with Gasteiger partial charge < -0.3 is 9.47 Å². The van der Waals surface area contributed by atoms with Crippen LogP contribution >= 0.6 is 0 Å². The van der Waals surface area contributed by atoms with Crippen molar-refractivity contribution < 1.29 is 19.1 Å². The second kappa shape index (κ2) is 4.29. The number of esters is 2. The summed E-state index contributed by atoms with van der Waals surface area (Å²) in [7, 11) is 4.65. The van der Waals surface area contributed by atoms with Gasteiger partial charge in [0.05, 0.1) is 20.1 Å². The van der Waals surface area contributed by atoms with Crippen molar-refractivity contribution in [1.29, 1.82) is 0 Å². The summed E-state index contributed by atoms with van der Waals surface area (Å²) in [5.74, 6) is -1.01. The van der Waals surface area contributed by atoms with Gasteiger partial charge in [0.25, 0.3) is 0 Å². The number of carbonyl (C=O) groups excluding carboxylic acids is 2. The topological polar surface area (TPSA) is 55.8 Å². The quantitative estimate of drug-likeness (QED) is 0.662. The molecule has 0 aromatic carbocycles. The summed E-state index contributed by atoms with van der Waals surface area (Å²) in [4.78, 5) is 26.0. The Morgan fingerprint density at radius 1 is 1.18 bits per heavy atom. The van der Waals surface area contributed by atoms with E-state index >= 15 is 0 Å². The van der Waals surface area contributed by atoms with E-state index in [1.165, 1.54) is 14.2 Å². The third-order valence-corrected chi connectivity index (χ3v) is 4.43. The zero-order valence-electron chi connectivity index (χ0n) is 10.6. The van der Waals surface area contributed by atoms with Crippen LogP contribution in [0.3, 0.4) is 0 Å². The minimum Gasteiger partial charge on any atom is -0.469 e. The number of nitrogens with zero attached hydrogens (tertiary/aromatic N) is 1. The summed E-state index contributed by atoms with van der Waals surface area (Å²) in [5.41, 5.74) is -0.801. The molecule has 0 spiro atoms. The number of hydrogen-bond donors (Lipinski definition) is 0. The molecule has 17 heavy (non-hydrogen) atoms. The van der Waals surface area contributed by atoms with Crippen LogP contribution < -0.4 is 0 Å². The molecule has 5 heteroatoms. The van der Waals surface area contributed by atoms with Gasteiger partial charge in [-0.25, -0.2) is 0 Å². The molecular weight excluding hydrogens is 222 g/mol. The Morgan fingerprint density at radius 2 is 1.88 bits per heavy atom. The van der Waals surface area contributed by atoms with Crippen LogP contribution in [0.1, 0.15) is 25.7 Å². The van der Waals surface area contributed by atoms with Crippen LogP contribution in [0.15, 0.2) is 0 Å². The molecule has 2 heterocycles. The molecule has 96 valence electrons. The first-order valence-electron chi connectivity index (χ1n) is 5.97. The molecule has 2 saturated heterocycles. The number of ether oxygens (including phenoxy) is 2. The van der Waals surface area contributed by atoms with Crippen molar-refractivity contribution in [2.24, 2.45) is 5.92 Å². The van der Waals surface area contributed by atoms with Gasteiger partial charge in [-0.15, -0.1) is 0 Å². The van der Waals surface area contributed by atoms with Crippen LogP contribution in [0.5, 0.6) is 0 Å². The monoisotopic (exact) mass is 241 g/mol. The molecule has 2 aliphatic heterocycles. The molecule has 0 amide bonds. The lowest BCUT2D eigenvalue weighted by atomic mass is 9.77. The SMILES string of the molecule is COC(=O)C1CC[C@@H]2CC[C@@]1(C(=O)OC)N2C. The Morgan fingerprint density at radius 3 is 2.47 bits per heavy atom. The van der Waals surface area contributed by atoms with Gasteiger partial charge in [-0.05, 0) is 32.7 Å². The van der Waals surface area contributed by atoms with Crippen LogP contribution in [0.4, 0.5) is 0 Å². The van der Waals surface area contributed by atoms with E-state index in [9.17, 15) is 9.59 Å². The lowest BCUT2D eigenvalue weighted by Crippen LogP contribution is -2.61. The van der Waals surface area contributed by atoms with E-state index in [4.69, 9.17) is 9.47 Å². The summed E-state index contributed by atoms with van der Waals surface area (Å²) in [6.45, 7) is 0. The third-order valence-electron chi connectivity index (χ3n) is 4.43. The average Bonchev–Trinajstić information content (AvgIpc) is 2.56. The Balaban J connectivity index is 2.38. The smallest absolute Gasteiger partial charge is 0.327 e. The molecule has 0 radical (unpaired) electrons. The first-order valence-corrected chi connectivity index (χ1v) is 5.97. The highest BCUT2D eigenvalue weighted by Gasteiger charge is 2.61. The molecule has 2 bridgehead atoms. The van der Waals surface area contributed by atoms with Crippen LogP contribution in [0.25, 0.3) is 0 Å². The van der Waals surface area contributed by atoms with Gasteiger partial charge in [-0.1, -0.05) is 0 Å². The zero-order valence-corrected chi connectivity index (χ0v) is 10.6. The maximum absolute atomic E-state index is 12.1. The van der Waals surface area contributed by atoms with Crippen molar-refractivity contribution >= 4 is 11.9 Å². The maximum atomic E-state index is 12.1. The van der Waals surface area contributed by atoms with Crippen LogP contribution in [0.2, 0.25) is 0 Å². The largest absolute Gasteiger partial charge is 0.469 e. The molecule has 5 nitrogen and oxygen atoms in total. The van der Waals surface area contributed by atoms with Crippen molar-refractivity contribution in [1.82, 2.24) is 4.90 Å². The van der Waals surface area contributed by atoms with E-state index in [1.54, 1.807) is 0 Å². The van der Waals surface area contributed by atoms with Crippen LogP contribution in [0, 0.1) is 5.92 Å². The number of rotatable bonds is 2. The lowest BCUT2D eigenvalue weighted by molar-refractivity contribution is -0.171. The summed E-state index contributed by atoms with van der Waals surface area (Å²) >= 11 is 0. The average molecular weight is 241 g/mol. The van der Waals surface area contributed by atoms with Crippen LogP contribution in [-0.4, -0.2) is 49.7 Å². The number of methoxy groups -OCH3 is 2. The first-order chi connectivity index (χ1) is 8.07. The van der Waals surface area contributed by atoms with Gasteiger partial charge in [-0.3, -0.25) is 14.5 Å². The second-order valence-corrected chi connectivity index (χ2v) is 4.87. The van der Waals surface area contributed by atoms with E-state index in [2.05, 4.69) is 0 Å². The zero-order chi connectivity index (χ0) is 12.6. The van der Waals surface area contributed by atoms with Crippen molar-refractivity contribution in [2.45, 2.75) is 37.3 Å². The molecule has 0 aromatic heterocycles. The predicted molar refractivity (Wildman–Crippen MR) is 60.3 cm³/mol. The fourth-order valence-electron chi connectivity index (χ4n) is 3.46. The Labute approximate surface area is 101 Å². The molecule has 3 atom stereocenters. The number of fused-ring (bicyclic) bond motifs is 2. The van der Waals surface area contributed by atoms with Crippen molar-refractivity contribution in [3.05, 3.63) is 0 Å². The summed E-state index contributed by atoms with van der Waals surface area (Å²) in [6.07, 6.45) is 3.27. The Bertz CT molecular complexity index is 341. The molecule has 2 rings (SSSR count). The highest BCUT2D eigenvalue weighted by atomic mass is 16.5. The molecule has 2 aliphatic rings. The van der Waals surface area contributed by atoms with E-state index in [0.717, 1.165) is 12.8 Å².